The SMILES string of the molecule is CCNC(=S)N(CCO)Cc1cc2ccc(OC)cc2[nH]c1=O. The second-order valence-electron chi connectivity index (χ2n) is 5.06. The van der Waals surface area contributed by atoms with E-state index in [4.69, 9.17) is 17.0 Å². The molecule has 0 radical (unpaired) electrons. The Labute approximate surface area is 140 Å². The Hall–Kier alpha value is -2.12. The number of hydrogen-bond donors (Lipinski definition) is 3. The molecule has 1 heterocycles. The first-order valence-electron chi connectivity index (χ1n) is 7.42. The molecule has 6 nitrogen and oxygen atoms in total. The van der Waals surface area contributed by atoms with Crippen molar-refractivity contribution in [3.8, 4) is 5.75 Å². The van der Waals surface area contributed by atoms with Crippen molar-refractivity contribution in [2.75, 3.05) is 26.8 Å². The number of ether oxygens (including phenoxy) is 1. The summed E-state index contributed by atoms with van der Waals surface area (Å²) in [6, 6.07) is 7.37. The van der Waals surface area contributed by atoms with Crippen molar-refractivity contribution in [2.45, 2.75) is 13.5 Å². The van der Waals surface area contributed by atoms with Crippen LogP contribution in [0.4, 0.5) is 0 Å². The number of aromatic amines is 1. The molecule has 0 aliphatic rings. The van der Waals surface area contributed by atoms with Crippen molar-refractivity contribution in [3.63, 3.8) is 0 Å². The number of benzene rings is 1. The van der Waals surface area contributed by atoms with E-state index in [1.165, 1.54) is 0 Å². The molecule has 23 heavy (non-hydrogen) atoms. The zero-order chi connectivity index (χ0) is 16.8. The molecule has 0 amide bonds. The normalized spacial score (nSPS) is 10.6. The summed E-state index contributed by atoms with van der Waals surface area (Å²) >= 11 is 5.29. The van der Waals surface area contributed by atoms with E-state index in [1.807, 2.05) is 25.1 Å². The average Bonchev–Trinajstić information content (AvgIpc) is 2.54. The Morgan fingerprint density at radius 1 is 1.43 bits per heavy atom. The highest BCUT2D eigenvalue weighted by molar-refractivity contribution is 7.80. The molecular formula is C16H21N3O3S. The van der Waals surface area contributed by atoms with E-state index < -0.39 is 0 Å². The minimum absolute atomic E-state index is 0.0335. The predicted octanol–water partition coefficient (Wildman–Crippen LogP) is 1.23. The fourth-order valence-corrected chi connectivity index (χ4v) is 2.61. The van der Waals surface area contributed by atoms with E-state index in [0.717, 1.165) is 10.9 Å². The molecule has 2 aromatic rings. The van der Waals surface area contributed by atoms with Gasteiger partial charge in [0.05, 0.1) is 25.8 Å². The highest BCUT2D eigenvalue weighted by atomic mass is 32.1. The van der Waals surface area contributed by atoms with Crippen LogP contribution in [0.3, 0.4) is 0 Å². The maximum atomic E-state index is 12.3. The number of methoxy groups -OCH3 is 1. The first-order valence-corrected chi connectivity index (χ1v) is 7.83. The molecule has 0 aliphatic carbocycles. The van der Waals surface area contributed by atoms with E-state index in [1.54, 1.807) is 18.1 Å². The number of rotatable bonds is 6. The van der Waals surface area contributed by atoms with Gasteiger partial charge in [-0.05, 0) is 42.7 Å². The molecule has 0 saturated heterocycles. The maximum absolute atomic E-state index is 12.3. The first-order chi connectivity index (χ1) is 11.1. The van der Waals surface area contributed by atoms with Crippen LogP contribution < -0.4 is 15.6 Å². The molecule has 7 heteroatoms. The van der Waals surface area contributed by atoms with Crippen molar-refractivity contribution in [1.29, 1.82) is 0 Å². The van der Waals surface area contributed by atoms with E-state index >= 15 is 0 Å². The summed E-state index contributed by atoms with van der Waals surface area (Å²) in [7, 11) is 1.59. The Morgan fingerprint density at radius 2 is 2.22 bits per heavy atom. The number of H-pyrrole nitrogens is 1. The maximum Gasteiger partial charge on any atom is 0.253 e. The molecule has 0 atom stereocenters. The highest BCUT2D eigenvalue weighted by Gasteiger charge is 2.12. The van der Waals surface area contributed by atoms with Gasteiger partial charge in [0.25, 0.3) is 5.56 Å². The van der Waals surface area contributed by atoms with Crippen LogP contribution in [0.2, 0.25) is 0 Å². The van der Waals surface area contributed by atoms with Gasteiger partial charge >= 0.3 is 0 Å². The number of aromatic nitrogens is 1. The van der Waals surface area contributed by atoms with E-state index in [0.29, 0.717) is 36.1 Å². The number of hydrogen-bond acceptors (Lipinski definition) is 4. The van der Waals surface area contributed by atoms with Gasteiger partial charge in [0, 0.05) is 24.7 Å². The van der Waals surface area contributed by atoms with Crippen LogP contribution in [0.5, 0.6) is 5.75 Å². The first kappa shape index (κ1) is 17.2. The molecule has 1 aromatic heterocycles. The molecular weight excluding hydrogens is 314 g/mol. The van der Waals surface area contributed by atoms with Gasteiger partial charge in [-0.3, -0.25) is 4.79 Å². The molecule has 0 saturated carbocycles. The van der Waals surface area contributed by atoms with Gasteiger partial charge in [-0.1, -0.05) is 0 Å². The van der Waals surface area contributed by atoms with Gasteiger partial charge in [0.1, 0.15) is 5.75 Å². The van der Waals surface area contributed by atoms with Gasteiger partial charge in [-0.15, -0.1) is 0 Å². The summed E-state index contributed by atoms with van der Waals surface area (Å²) in [5.74, 6) is 0.691. The summed E-state index contributed by atoms with van der Waals surface area (Å²) in [6.45, 7) is 3.30. The molecule has 0 unspecified atom stereocenters. The molecule has 0 bridgehead atoms. The second kappa shape index (κ2) is 7.94. The number of fused-ring (bicyclic) bond motifs is 1. The number of aliphatic hydroxyl groups excluding tert-OH is 1. The van der Waals surface area contributed by atoms with E-state index in [9.17, 15) is 9.90 Å². The summed E-state index contributed by atoms with van der Waals surface area (Å²) in [4.78, 5) is 16.9. The summed E-state index contributed by atoms with van der Waals surface area (Å²) < 4.78 is 5.16. The third-order valence-corrected chi connectivity index (χ3v) is 3.88. The standard InChI is InChI=1S/C16H21N3O3S/c1-3-17-16(23)19(6-7-20)10-12-8-11-4-5-13(22-2)9-14(11)18-15(12)21/h4-5,8-9,20H,3,6-7,10H2,1-2H3,(H,17,23)(H,18,21). The Balaban J connectivity index is 2.32. The van der Waals surface area contributed by atoms with Crippen LogP contribution in [0.25, 0.3) is 10.9 Å². The van der Waals surface area contributed by atoms with Crippen molar-refractivity contribution < 1.29 is 9.84 Å². The smallest absolute Gasteiger partial charge is 0.253 e. The van der Waals surface area contributed by atoms with Crippen LogP contribution in [0.15, 0.2) is 29.1 Å². The lowest BCUT2D eigenvalue weighted by atomic mass is 10.1. The Bertz CT molecular complexity index is 745. The largest absolute Gasteiger partial charge is 0.497 e. The molecule has 1 aromatic carbocycles. The molecule has 0 aliphatic heterocycles. The third-order valence-electron chi connectivity index (χ3n) is 3.48. The quantitative estimate of drug-likeness (QED) is 0.689. The van der Waals surface area contributed by atoms with Crippen LogP contribution in [0.1, 0.15) is 12.5 Å². The number of thiocarbonyl (C=S) groups is 1. The minimum Gasteiger partial charge on any atom is -0.497 e. The third kappa shape index (κ3) is 4.20. The zero-order valence-corrected chi connectivity index (χ0v) is 14.1. The average molecular weight is 335 g/mol. The van der Waals surface area contributed by atoms with Gasteiger partial charge in [-0.25, -0.2) is 0 Å². The van der Waals surface area contributed by atoms with Crippen molar-refractivity contribution >= 4 is 28.2 Å². The molecule has 3 N–H and O–H groups in total. The van der Waals surface area contributed by atoms with Crippen molar-refractivity contribution in [1.82, 2.24) is 15.2 Å². The zero-order valence-electron chi connectivity index (χ0n) is 13.3. The lowest BCUT2D eigenvalue weighted by Crippen LogP contribution is -2.41. The second-order valence-corrected chi connectivity index (χ2v) is 5.44. The monoisotopic (exact) mass is 335 g/mol. The van der Waals surface area contributed by atoms with Gasteiger partial charge in [-0.2, -0.15) is 0 Å². The fourth-order valence-electron chi connectivity index (χ4n) is 2.31. The van der Waals surface area contributed by atoms with E-state index in [2.05, 4.69) is 10.3 Å². The number of nitrogens with one attached hydrogen (secondary N) is 2. The summed E-state index contributed by atoms with van der Waals surface area (Å²) in [6.07, 6.45) is 0. The molecule has 2 rings (SSSR count). The van der Waals surface area contributed by atoms with Crippen molar-refractivity contribution in [2.24, 2.45) is 0 Å². The molecule has 0 fully saturated rings. The van der Waals surface area contributed by atoms with Crippen LogP contribution >= 0.6 is 12.2 Å². The Morgan fingerprint density at radius 3 is 2.87 bits per heavy atom. The summed E-state index contributed by atoms with van der Waals surface area (Å²) in [5, 5.41) is 13.7. The van der Waals surface area contributed by atoms with Gasteiger partial charge < -0.3 is 25.0 Å². The highest BCUT2D eigenvalue weighted by Crippen LogP contribution is 2.18. The lowest BCUT2D eigenvalue weighted by molar-refractivity contribution is 0.245. The van der Waals surface area contributed by atoms with E-state index in [-0.39, 0.29) is 12.2 Å². The van der Waals surface area contributed by atoms with Crippen molar-refractivity contribution in [3.05, 3.63) is 40.2 Å². The number of aliphatic hydroxyl groups is 1. The minimum atomic E-state index is -0.173. The molecule has 0 spiro atoms. The van der Waals surface area contributed by atoms with Crippen LogP contribution in [-0.2, 0) is 6.54 Å². The fraction of sp³-hybridized carbons (Fsp3) is 0.375. The Kier molecular flexibility index (Phi) is 5.95. The molecule has 124 valence electrons. The number of nitrogens with zero attached hydrogens (tertiary/aromatic N) is 1. The predicted molar refractivity (Wildman–Crippen MR) is 94.9 cm³/mol. The van der Waals surface area contributed by atoms with Crippen LogP contribution in [0, 0.1) is 0 Å². The van der Waals surface area contributed by atoms with Gasteiger partial charge in [0.15, 0.2) is 5.11 Å². The summed E-state index contributed by atoms with van der Waals surface area (Å²) in [5.41, 5.74) is 1.14. The van der Waals surface area contributed by atoms with Crippen LogP contribution in [-0.4, -0.2) is 46.9 Å². The lowest BCUT2D eigenvalue weighted by Gasteiger charge is -2.24. The van der Waals surface area contributed by atoms with Gasteiger partial charge in [0.2, 0.25) is 0 Å². The topological polar surface area (TPSA) is 77.6 Å². The number of pyridine rings is 1.